The molecule has 11 nitrogen and oxygen atoms in total. The van der Waals surface area contributed by atoms with Crippen LogP contribution < -0.4 is 16.0 Å². The fourth-order valence-electron chi connectivity index (χ4n) is 6.20. The van der Waals surface area contributed by atoms with Crippen LogP contribution in [0.1, 0.15) is 28.8 Å². The molecule has 0 radical (unpaired) electrons. The van der Waals surface area contributed by atoms with Gasteiger partial charge < -0.3 is 35.4 Å². The quantitative estimate of drug-likeness (QED) is 0.325. The summed E-state index contributed by atoms with van der Waals surface area (Å²) >= 11 is 4.68. The number of hydrogen-bond donors (Lipinski definition) is 2. The molecule has 3 aliphatic heterocycles. The Labute approximate surface area is 281 Å². The van der Waals surface area contributed by atoms with Crippen molar-refractivity contribution in [3.8, 4) is 0 Å². The number of piperazine rings is 1. The van der Waals surface area contributed by atoms with E-state index in [1.165, 1.54) is 11.0 Å². The predicted molar refractivity (Wildman–Crippen MR) is 174 cm³/mol. The summed E-state index contributed by atoms with van der Waals surface area (Å²) in [6.07, 6.45) is -2.69. The summed E-state index contributed by atoms with van der Waals surface area (Å²) in [5, 5.41) is 4.84. The smallest absolute Gasteiger partial charge is 0.418 e. The zero-order chi connectivity index (χ0) is 33.3. The molecule has 0 spiro atoms. The van der Waals surface area contributed by atoms with Gasteiger partial charge in [0.15, 0.2) is 6.10 Å². The zero-order valence-electron chi connectivity index (χ0n) is 25.2. The van der Waals surface area contributed by atoms with Crippen LogP contribution in [0.2, 0.25) is 0 Å². The van der Waals surface area contributed by atoms with Gasteiger partial charge in [-0.25, -0.2) is 9.59 Å². The number of pyridine rings is 1. The first-order valence-corrected chi connectivity index (χ1v) is 16.8. The number of thiophene rings is 1. The van der Waals surface area contributed by atoms with E-state index in [4.69, 9.17) is 10.5 Å². The first kappa shape index (κ1) is 32.9. The van der Waals surface area contributed by atoms with Crippen LogP contribution in [0.15, 0.2) is 52.6 Å². The fourth-order valence-corrected chi connectivity index (χ4v) is 7.54. The number of urea groups is 1. The number of likely N-dealkylation sites (tertiary alicyclic amines) is 1. The molecular formula is C31H33BrF3N7O4S. The number of carbonyl (C=O) groups is 3. The third-order valence-corrected chi connectivity index (χ3v) is 10.3. The Kier molecular flexibility index (Phi) is 9.50. The van der Waals surface area contributed by atoms with Gasteiger partial charge in [0.05, 0.1) is 23.5 Å². The number of piperidine rings is 1. The number of anilines is 3. The van der Waals surface area contributed by atoms with Crippen molar-refractivity contribution in [1.82, 2.24) is 19.7 Å². The van der Waals surface area contributed by atoms with E-state index in [0.717, 1.165) is 22.3 Å². The molecule has 1 aromatic carbocycles. The van der Waals surface area contributed by atoms with Crippen LogP contribution in [-0.2, 0) is 28.7 Å². The number of ether oxygens (including phenoxy) is 1. The molecule has 1 atom stereocenters. The number of nitrogens with one attached hydrogen (secondary N) is 1. The van der Waals surface area contributed by atoms with Crippen molar-refractivity contribution in [2.75, 3.05) is 55.2 Å². The number of nitrogens with zero attached hydrogens (tertiary/aromatic N) is 5. The molecule has 47 heavy (non-hydrogen) atoms. The fraction of sp³-hybridized carbons (Fsp3) is 0.419. The molecule has 2 saturated heterocycles. The van der Waals surface area contributed by atoms with Crippen LogP contribution >= 0.6 is 27.3 Å². The van der Waals surface area contributed by atoms with Gasteiger partial charge in [-0.15, -0.1) is 11.3 Å². The minimum absolute atomic E-state index is 0.0318. The molecule has 2 aromatic heterocycles. The Morgan fingerprint density at radius 1 is 1.06 bits per heavy atom. The molecule has 6 rings (SSSR count). The lowest BCUT2D eigenvalue weighted by molar-refractivity contribution is -0.141. The standard InChI is InChI=1S/C31H33BrF3N7O4S/c32-23-16-19(15-22(27(23)36)31(33,34)35)17-25(28(43)40-12-10-39(11-13-40)20-1-6-37-7-2-20)46-30(45)41-8-3-21(4-9-41)42-18-26-24(5-14-47-26)38-29(42)44/h1-2,5-7,14-16,21,25H,3-4,8-13,17-18,36H2,(H,38,44)/t25-/m1/s1. The molecule has 3 aromatic rings. The Morgan fingerprint density at radius 3 is 2.45 bits per heavy atom. The molecule has 0 unspecified atom stereocenters. The number of hydrogen-bond acceptors (Lipinski definition) is 8. The van der Waals surface area contributed by atoms with E-state index < -0.39 is 35.5 Å². The van der Waals surface area contributed by atoms with Gasteiger partial charge in [-0.05, 0) is 70.0 Å². The lowest BCUT2D eigenvalue weighted by atomic mass is 10.0. The number of carbonyl (C=O) groups excluding carboxylic acids is 3. The second kappa shape index (κ2) is 13.6. The SMILES string of the molecule is Nc1c(Br)cc(C[C@@H](OC(=O)N2CCC(N3Cc4sccc4NC3=O)CC2)C(=O)N2CCN(c3ccncc3)CC2)cc1C(F)(F)F. The van der Waals surface area contributed by atoms with Crippen molar-refractivity contribution in [1.29, 1.82) is 0 Å². The van der Waals surface area contributed by atoms with Gasteiger partial charge in [0, 0.05) is 79.2 Å². The molecule has 4 amide bonds. The summed E-state index contributed by atoms with van der Waals surface area (Å²) in [4.78, 5) is 52.1. The first-order valence-electron chi connectivity index (χ1n) is 15.2. The van der Waals surface area contributed by atoms with Crippen LogP contribution in [0, 0.1) is 0 Å². The average Bonchev–Trinajstić information content (AvgIpc) is 3.52. The predicted octanol–water partition coefficient (Wildman–Crippen LogP) is 5.42. The normalized spacial score (nSPS) is 18.1. The number of halogens is 4. The van der Waals surface area contributed by atoms with Crippen LogP contribution in [0.25, 0.3) is 0 Å². The van der Waals surface area contributed by atoms with Gasteiger partial charge in [0.25, 0.3) is 5.91 Å². The van der Waals surface area contributed by atoms with Crippen LogP contribution in [-0.4, -0.2) is 89.1 Å². The minimum atomic E-state index is -4.72. The topological polar surface area (TPSA) is 124 Å². The van der Waals surface area contributed by atoms with Gasteiger partial charge in [0.2, 0.25) is 0 Å². The van der Waals surface area contributed by atoms with Gasteiger partial charge in [-0.1, -0.05) is 0 Å². The molecule has 3 aliphatic rings. The molecular weight excluding hydrogens is 703 g/mol. The summed E-state index contributed by atoms with van der Waals surface area (Å²) in [5.41, 5.74) is 6.13. The third-order valence-electron chi connectivity index (χ3n) is 8.78. The highest BCUT2D eigenvalue weighted by Crippen LogP contribution is 2.38. The van der Waals surface area contributed by atoms with Crippen LogP contribution in [0.5, 0.6) is 0 Å². The molecule has 5 heterocycles. The van der Waals surface area contributed by atoms with E-state index >= 15 is 0 Å². The van der Waals surface area contributed by atoms with Gasteiger partial charge in [0.1, 0.15) is 0 Å². The minimum Gasteiger partial charge on any atom is -0.436 e. The number of fused-ring (bicyclic) bond motifs is 1. The maximum atomic E-state index is 13.9. The molecule has 0 saturated carbocycles. The number of nitrogens with two attached hydrogens (primary N) is 1. The maximum Gasteiger partial charge on any atom is 0.418 e. The van der Waals surface area contributed by atoms with E-state index in [-0.39, 0.29) is 28.5 Å². The van der Waals surface area contributed by atoms with Gasteiger partial charge in [-0.3, -0.25) is 9.78 Å². The summed E-state index contributed by atoms with van der Waals surface area (Å²) < 4.78 is 47.1. The van der Waals surface area contributed by atoms with Gasteiger partial charge >= 0.3 is 18.3 Å². The highest BCUT2D eigenvalue weighted by atomic mass is 79.9. The Morgan fingerprint density at radius 2 is 1.77 bits per heavy atom. The first-order chi connectivity index (χ1) is 22.5. The van der Waals surface area contributed by atoms with Crippen LogP contribution in [0.3, 0.4) is 0 Å². The number of amides is 4. The van der Waals surface area contributed by atoms with E-state index in [0.29, 0.717) is 58.7 Å². The number of alkyl halides is 3. The number of aromatic nitrogens is 1. The Balaban J connectivity index is 1.15. The van der Waals surface area contributed by atoms with E-state index in [9.17, 15) is 27.6 Å². The van der Waals surface area contributed by atoms with Gasteiger partial charge in [-0.2, -0.15) is 13.2 Å². The molecule has 16 heteroatoms. The number of rotatable bonds is 6. The molecule has 2 fully saturated rings. The number of nitrogen functional groups attached to an aromatic ring is 1. The zero-order valence-corrected chi connectivity index (χ0v) is 27.6. The summed E-state index contributed by atoms with van der Waals surface area (Å²) in [7, 11) is 0. The van der Waals surface area contributed by atoms with Crippen LogP contribution in [0.4, 0.5) is 39.8 Å². The highest BCUT2D eigenvalue weighted by molar-refractivity contribution is 9.10. The Bertz CT molecular complexity index is 1630. The molecule has 0 bridgehead atoms. The lowest BCUT2D eigenvalue weighted by Crippen LogP contribution is -2.54. The van der Waals surface area contributed by atoms with E-state index in [1.807, 2.05) is 23.6 Å². The Hall–Kier alpha value is -4.05. The largest absolute Gasteiger partial charge is 0.436 e. The van der Waals surface area contributed by atoms with Crippen molar-refractivity contribution in [3.63, 3.8) is 0 Å². The average molecular weight is 737 g/mol. The monoisotopic (exact) mass is 735 g/mol. The number of benzene rings is 1. The highest BCUT2D eigenvalue weighted by Gasteiger charge is 2.38. The second-order valence-corrected chi connectivity index (χ2v) is 13.5. The van der Waals surface area contributed by atoms with Crippen molar-refractivity contribution >= 4 is 62.4 Å². The summed E-state index contributed by atoms with van der Waals surface area (Å²) in [6, 6.07) is 7.66. The lowest BCUT2D eigenvalue weighted by Gasteiger charge is -2.40. The summed E-state index contributed by atoms with van der Waals surface area (Å²) in [5.74, 6) is -0.485. The molecule has 0 aliphatic carbocycles. The van der Waals surface area contributed by atoms with Crippen molar-refractivity contribution in [2.45, 2.75) is 44.1 Å². The molecule has 250 valence electrons. The van der Waals surface area contributed by atoms with Crippen molar-refractivity contribution in [3.05, 3.63) is 68.6 Å². The summed E-state index contributed by atoms with van der Waals surface area (Å²) in [6.45, 7) is 2.80. The van der Waals surface area contributed by atoms with E-state index in [2.05, 4.69) is 31.1 Å². The second-order valence-electron chi connectivity index (χ2n) is 11.7. The maximum absolute atomic E-state index is 13.9. The van der Waals surface area contributed by atoms with Crippen molar-refractivity contribution < 1.29 is 32.3 Å². The molecule has 3 N–H and O–H groups in total. The van der Waals surface area contributed by atoms with E-state index in [1.54, 1.807) is 33.5 Å². The third kappa shape index (κ3) is 7.27. The van der Waals surface area contributed by atoms with Crippen molar-refractivity contribution in [2.24, 2.45) is 0 Å².